The van der Waals surface area contributed by atoms with Gasteiger partial charge in [0.1, 0.15) is 0 Å². The Hall–Kier alpha value is -2.04. The van der Waals surface area contributed by atoms with Crippen molar-refractivity contribution in [1.29, 1.82) is 0 Å². The SMILES string of the molecule is Cc1cccc(Cl)c1NC(=O)Nc1ccc(C(C)N)cc1. The first-order valence-corrected chi connectivity index (χ1v) is 7.04. The number of halogens is 1. The largest absolute Gasteiger partial charge is 0.324 e. The number of benzene rings is 2. The lowest BCUT2D eigenvalue weighted by molar-refractivity contribution is 0.262. The van der Waals surface area contributed by atoms with E-state index in [1.54, 1.807) is 6.07 Å². The second kappa shape index (κ2) is 6.61. The fourth-order valence-corrected chi connectivity index (χ4v) is 2.21. The van der Waals surface area contributed by atoms with E-state index in [-0.39, 0.29) is 12.1 Å². The molecule has 0 saturated heterocycles. The molecule has 2 rings (SSSR count). The Balaban J connectivity index is 2.05. The van der Waals surface area contributed by atoms with Crippen molar-refractivity contribution in [3.8, 4) is 0 Å². The minimum Gasteiger partial charge on any atom is -0.324 e. The van der Waals surface area contributed by atoms with E-state index < -0.39 is 0 Å². The normalized spacial score (nSPS) is 11.8. The summed E-state index contributed by atoms with van der Waals surface area (Å²) in [5, 5.41) is 6.03. The number of anilines is 2. The van der Waals surface area contributed by atoms with Gasteiger partial charge in [0.15, 0.2) is 0 Å². The fraction of sp³-hybridized carbons (Fsp3) is 0.188. The minimum absolute atomic E-state index is 0.0290. The molecular weight excluding hydrogens is 286 g/mol. The zero-order valence-electron chi connectivity index (χ0n) is 12.0. The number of nitrogens with one attached hydrogen (secondary N) is 2. The second-order valence-corrected chi connectivity index (χ2v) is 5.33. The number of carbonyl (C=O) groups is 1. The smallest absolute Gasteiger partial charge is 0.323 e. The highest BCUT2D eigenvalue weighted by Gasteiger charge is 2.08. The molecule has 1 unspecified atom stereocenters. The summed E-state index contributed by atoms with van der Waals surface area (Å²) in [6.45, 7) is 3.80. The average molecular weight is 304 g/mol. The molecule has 4 N–H and O–H groups in total. The van der Waals surface area contributed by atoms with Crippen molar-refractivity contribution in [1.82, 2.24) is 0 Å². The molecule has 0 aliphatic heterocycles. The number of carbonyl (C=O) groups excluding carboxylic acids is 1. The molecule has 0 aromatic heterocycles. The van der Waals surface area contributed by atoms with Crippen molar-refractivity contribution in [2.75, 3.05) is 10.6 Å². The molecule has 21 heavy (non-hydrogen) atoms. The van der Waals surface area contributed by atoms with Gasteiger partial charge in [0, 0.05) is 11.7 Å². The van der Waals surface area contributed by atoms with Crippen LogP contribution in [0.3, 0.4) is 0 Å². The molecule has 0 saturated carbocycles. The lowest BCUT2D eigenvalue weighted by atomic mass is 10.1. The molecule has 1 atom stereocenters. The van der Waals surface area contributed by atoms with Gasteiger partial charge in [-0.15, -0.1) is 0 Å². The summed E-state index contributed by atoms with van der Waals surface area (Å²) in [5.74, 6) is 0. The van der Waals surface area contributed by atoms with Crippen LogP contribution in [-0.4, -0.2) is 6.03 Å². The monoisotopic (exact) mass is 303 g/mol. The summed E-state index contributed by atoms with van der Waals surface area (Å²) < 4.78 is 0. The third-order valence-electron chi connectivity index (χ3n) is 3.15. The van der Waals surface area contributed by atoms with Crippen LogP contribution in [0.5, 0.6) is 0 Å². The summed E-state index contributed by atoms with van der Waals surface area (Å²) >= 11 is 6.08. The first-order valence-electron chi connectivity index (χ1n) is 6.66. The van der Waals surface area contributed by atoms with Crippen LogP contribution in [0.15, 0.2) is 42.5 Å². The van der Waals surface area contributed by atoms with E-state index in [0.717, 1.165) is 11.1 Å². The van der Waals surface area contributed by atoms with Crippen molar-refractivity contribution < 1.29 is 4.79 Å². The summed E-state index contributed by atoms with van der Waals surface area (Å²) in [7, 11) is 0. The first-order chi connectivity index (χ1) is 9.97. The molecule has 0 radical (unpaired) electrons. The molecule has 4 nitrogen and oxygen atoms in total. The van der Waals surface area contributed by atoms with Gasteiger partial charge < -0.3 is 16.4 Å². The van der Waals surface area contributed by atoms with Gasteiger partial charge >= 0.3 is 6.03 Å². The van der Waals surface area contributed by atoms with Gasteiger partial charge in [-0.1, -0.05) is 35.9 Å². The van der Waals surface area contributed by atoms with Gasteiger partial charge in [0.2, 0.25) is 0 Å². The van der Waals surface area contributed by atoms with E-state index in [1.807, 2.05) is 50.2 Å². The third-order valence-corrected chi connectivity index (χ3v) is 3.47. The number of para-hydroxylation sites is 1. The molecule has 0 fully saturated rings. The van der Waals surface area contributed by atoms with Gasteiger partial charge in [0.25, 0.3) is 0 Å². The van der Waals surface area contributed by atoms with Crippen LogP contribution in [0, 0.1) is 6.92 Å². The zero-order valence-corrected chi connectivity index (χ0v) is 12.7. The van der Waals surface area contributed by atoms with Crippen LogP contribution < -0.4 is 16.4 Å². The maximum atomic E-state index is 12.0. The fourth-order valence-electron chi connectivity index (χ4n) is 1.94. The topological polar surface area (TPSA) is 67.2 Å². The van der Waals surface area contributed by atoms with Crippen molar-refractivity contribution in [3.05, 3.63) is 58.6 Å². The second-order valence-electron chi connectivity index (χ2n) is 4.92. The maximum absolute atomic E-state index is 12.0. The van der Waals surface area contributed by atoms with Crippen molar-refractivity contribution >= 4 is 29.0 Å². The van der Waals surface area contributed by atoms with Gasteiger partial charge in [-0.3, -0.25) is 0 Å². The van der Waals surface area contributed by atoms with Gasteiger partial charge in [-0.05, 0) is 43.2 Å². The Morgan fingerprint density at radius 1 is 1.14 bits per heavy atom. The molecule has 0 spiro atoms. The van der Waals surface area contributed by atoms with Crippen LogP contribution in [0.4, 0.5) is 16.2 Å². The van der Waals surface area contributed by atoms with Crippen molar-refractivity contribution in [2.24, 2.45) is 5.73 Å². The first kappa shape index (κ1) is 15.4. The van der Waals surface area contributed by atoms with Crippen LogP contribution in [-0.2, 0) is 0 Å². The molecule has 0 aliphatic rings. The summed E-state index contributed by atoms with van der Waals surface area (Å²) in [6.07, 6.45) is 0. The van der Waals surface area contributed by atoms with Crippen LogP contribution in [0.1, 0.15) is 24.1 Å². The lowest BCUT2D eigenvalue weighted by Gasteiger charge is -2.12. The average Bonchev–Trinajstić information content (AvgIpc) is 2.43. The summed E-state index contributed by atoms with van der Waals surface area (Å²) in [4.78, 5) is 12.0. The lowest BCUT2D eigenvalue weighted by Crippen LogP contribution is -2.20. The van der Waals surface area contributed by atoms with E-state index in [0.29, 0.717) is 16.4 Å². The van der Waals surface area contributed by atoms with Gasteiger partial charge in [-0.2, -0.15) is 0 Å². The maximum Gasteiger partial charge on any atom is 0.323 e. The Bertz CT molecular complexity index is 618. The molecular formula is C16H18ClN3O. The molecule has 0 heterocycles. The Labute approximate surface area is 129 Å². The predicted octanol–water partition coefficient (Wildman–Crippen LogP) is 4.31. The molecule has 2 amide bonds. The van der Waals surface area contributed by atoms with Crippen LogP contribution >= 0.6 is 11.6 Å². The number of urea groups is 1. The standard InChI is InChI=1S/C16H18ClN3O/c1-10-4-3-5-14(17)15(10)20-16(21)19-13-8-6-12(7-9-13)11(2)18/h3-9,11H,18H2,1-2H3,(H2,19,20,21). The summed E-state index contributed by atoms with van der Waals surface area (Å²) in [5.41, 5.74) is 9.02. The van der Waals surface area contributed by atoms with Crippen LogP contribution in [0.2, 0.25) is 5.02 Å². The predicted molar refractivity (Wildman–Crippen MR) is 87.9 cm³/mol. The van der Waals surface area contributed by atoms with Crippen molar-refractivity contribution in [3.63, 3.8) is 0 Å². The quantitative estimate of drug-likeness (QED) is 0.791. The number of rotatable bonds is 3. The number of amides is 2. The number of nitrogens with two attached hydrogens (primary N) is 1. The van der Waals surface area contributed by atoms with Crippen molar-refractivity contribution in [2.45, 2.75) is 19.9 Å². The third kappa shape index (κ3) is 3.97. The van der Waals surface area contributed by atoms with E-state index in [2.05, 4.69) is 10.6 Å². The Morgan fingerprint density at radius 2 is 1.81 bits per heavy atom. The zero-order chi connectivity index (χ0) is 15.4. The Morgan fingerprint density at radius 3 is 2.38 bits per heavy atom. The number of hydrogen-bond acceptors (Lipinski definition) is 2. The number of aryl methyl sites for hydroxylation is 1. The number of hydrogen-bond donors (Lipinski definition) is 3. The molecule has 110 valence electrons. The molecule has 0 bridgehead atoms. The van der Waals surface area contributed by atoms with Gasteiger partial charge in [-0.25, -0.2) is 4.79 Å². The van der Waals surface area contributed by atoms with E-state index in [1.165, 1.54) is 0 Å². The van der Waals surface area contributed by atoms with E-state index in [4.69, 9.17) is 17.3 Å². The minimum atomic E-state index is -0.334. The van der Waals surface area contributed by atoms with Gasteiger partial charge in [0.05, 0.1) is 10.7 Å². The molecule has 5 heteroatoms. The summed E-state index contributed by atoms with van der Waals surface area (Å²) in [6, 6.07) is 12.5. The van der Waals surface area contributed by atoms with E-state index >= 15 is 0 Å². The molecule has 2 aromatic carbocycles. The highest BCUT2D eigenvalue weighted by atomic mass is 35.5. The van der Waals surface area contributed by atoms with Crippen LogP contribution in [0.25, 0.3) is 0 Å². The Kier molecular flexibility index (Phi) is 4.83. The molecule has 2 aromatic rings. The highest BCUT2D eigenvalue weighted by Crippen LogP contribution is 2.25. The molecule has 0 aliphatic carbocycles. The highest BCUT2D eigenvalue weighted by molar-refractivity contribution is 6.34. The van der Waals surface area contributed by atoms with E-state index in [9.17, 15) is 4.79 Å².